The van der Waals surface area contributed by atoms with E-state index in [9.17, 15) is 31.1 Å². The van der Waals surface area contributed by atoms with E-state index in [1.54, 1.807) is 0 Å². The van der Waals surface area contributed by atoms with Crippen LogP contribution in [0.2, 0.25) is 0 Å². The number of hydrogen-bond acceptors (Lipinski definition) is 4. The summed E-state index contributed by atoms with van der Waals surface area (Å²) in [6, 6.07) is 0. The zero-order chi connectivity index (χ0) is 12.6. The first-order chi connectivity index (χ1) is 7.10. The van der Waals surface area contributed by atoms with Gasteiger partial charge in [0.25, 0.3) is 6.10 Å². The van der Waals surface area contributed by atoms with Crippen LogP contribution in [0.25, 0.3) is 0 Å². The topological polar surface area (TPSA) is 44.8 Å². The summed E-state index contributed by atoms with van der Waals surface area (Å²) in [6.45, 7) is -0.818. The van der Waals surface area contributed by atoms with Gasteiger partial charge >= 0.3 is 18.5 Å². The molecular formula is C6H4F6O4. The molecule has 1 aliphatic rings. The minimum atomic E-state index is -5.65. The van der Waals surface area contributed by atoms with Crippen LogP contribution < -0.4 is 0 Å². The lowest BCUT2D eigenvalue weighted by Gasteiger charge is -2.24. The molecular weight excluding hydrogens is 250 g/mol. The second-order valence-electron chi connectivity index (χ2n) is 2.71. The summed E-state index contributed by atoms with van der Waals surface area (Å²) < 4.78 is 83.1. The summed E-state index contributed by atoms with van der Waals surface area (Å²) in [5.74, 6) is 0. The van der Waals surface area contributed by atoms with Gasteiger partial charge in [-0.05, 0) is 0 Å². The first kappa shape index (κ1) is 12.9. The molecule has 4 nitrogen and oxygen atoms in total. The monoisotopic (exact) mass is 254 g/mol. The molecule has 94 valence electrons. The Morgan fingerprint density at radius 1 is 1.19 bits per heavy atom. The first-order valence-corrected chi connectivity index (χ1v) is 3.73. The average Bonchev–Trinajstić information content (AvgIpc) is 2.43. The Morgan fingerprint density at radius 2 is 1.69 bits per heavy atom. The van der Waals surface area contributed by atoms with E-state index >= 15 is 0 Å². The van der Waals surface area contributed by atoms with Gasteiger partial charge in [0.15, 0.2) is 6.61 Å². The number of alkyl halides is 6. The van der Waals surface area contributed by atoms with Crippen molar-refractivity contribution in [3.8, 4) is 0 Å². The zero-order valence-electron chi connectivity index (χ0n) is 7.26. The molecule has 0 radical (unpaired) electrons. The van der Waals surface area contributed by atoms with Crippen LogP contribution in [-0.2, 0) is 14.2 Å². The van der Waals surface area contributed by atoms with Crippen molar-refractivity contribution < 1.29 is 45.3 Å². The molecule has 0 aliphatic carbocycles. The summed E-state index contributed by atoms with van der Waals surface area (Å²) in [5, 5.41) is 0. The van der Waals surface area contributed by atoms with Crippen LogP contribution in [0.4, 0.5) is 31.1 Å². The first-order valence-electron chi connectivity index (χ1n) is 3.73. The lowest BCUT2D eigenvalue weighted by molar-refractivity contribution is -0.344. The van der Waals surface area contributed by atoms with Crippen molar-refractivity contribution in [2.75, 3.05) is 6.61 Å². The largest absolute Gasteiger partial charge is 0.510 e. The molecule has 0 spiro atoms. The molecule has 1 rings (SSSR count). The van der Waals surface area contributed by atoms with Crippen LogP contribution in [0, 0.1) is 0 Å². The van der Waals surface area contributed by atoms with E-state index in [0.29, 0.717) is 0 Å². The maximum atomic E-state index is 11.9. The van der Waals surface area contributed by atoms with E-state index in [2.05, 4.69) is 14.2 Å². The Morgan fingerprint density at radius 3 is 2.00 bits per heavy atom. The molecule has 0 aromatic rings. The van der Waals surface area contributed by atoms with Crippen molar-refractivity contribution in [2.45, 2.75) is 24.7 Å². The summed E-state index contributed by atoms with van der Waals surface area (Å²) in [7, 11) is 0. The van der Waals surface area contributed by atoms with Gasteiger partial charge in [-0.1, -0.05) is 0 Å². The van der Waals surface area contributed by atoms with Gasteiger partial charge in [0, 0.05) is 0 Å². The molecule has 0 amide bonds. The van der Waals surface area contributed by atoms with E-state index in [0.717, 1.165) is 0 Å². The maximum Gasteiger partial charge on any atom is 0.510 e. The SMILES string of the molecule is O=C1OCC(OC(C(F)(F)F)C(F)(F)F)O1. The van der Waals surface area contributed by atoms with E-state index < -0.39 is 37.5 Å². The van der Waals surface area contributed by atoms with Crippen molar-refractivity contribution in [2.24, 2.45) is 0 Å². The molecule has 10 heteroatoms. The maximum absolute atomic E-state index is 11.9. The van der Waals surface area contributed by atoms with E-state index in [4.69, 9.17) is 0 Å². The summed E-state index contributed by atoms with van der Waals surface area (Å²) in [5.41, 5.74) is 0. The smallest absolute Gasteiger partial charge is 0.428 e. The highest BCUT2D eigenvalue weighted by atomic mass is 19.4. The molecule has 0 aromatic heterocycles. The highest BCUT2D eigenvalue weighted by Crippen LogP contribution is 2.36. The molecule has 0 saturated carbocycles. The lowest BCUT2D eigenvalue weighted by atomic mass is 10.3. The number of hydrogen-bond donors (Lipinski definition) is 0. The fraction of sp³-hybridized carbons (Fsp3) is 0.833. The predicted molar refractivity (Wildman–Crippen MR) is 33.2 cm³/mol. The molecule has 0 bridgehead atoms. The standard InChI is InChI=1S/C6H4F6O4/c7-5(8,9)3(6(10,11)12)15-2-1-14-4(13)16-2/h2-3H,1H2. The molecule has 16 heavy (non-hydrogen) atoms. The molecule has 1 saturated heterocycles. The molecule has 1 aliphatic heterocycles. The summed E-state index contributed by atoms with van der Waals surface area (Å²) in [6.07, 6.45) is -18.7. The fourth-order valence-corrected chi connectivity index (χ4v) is 0.870. The second kappa shape index (κ2) is 4.00. The van der Waals surface area contributed by atoms with E-state index in [-0.39, 0.29) is 0 Å². The molecule has 0 N–H and O–H groups in total. The van der Waals surface area contributed by atoms with Crippen molar-refractivity contribution in [1.29, 1.82) is 0 Å². The minimum absolute atomic E-state index is 0.818. The van der Waals surface area contributed by atoms with Gasteiger partial charge < -0.3 is 14.2 Å². The van der Waals surface area contributed by atoms with Gasteiger partial charge in [-0.25, -0.2) is 4.79 Å². The third-order valence-corrected chi connectivity index (χ3v) is 1.45. The van der Waals surface area contributed by atoms with Crippen LogP contribution in [0.3, 0.4) is 0 Å². The third-order valence-electron chi connectivity index (χ3n) is 1.45. The van der Waals surface area contributed by atoms with Gasteiger partial charge in [-0.2, -0.15) is 26.3 Å². The zero-order valence-corrected chi connectivity index (χ0v) is 7.26. The minimum Gasteiger partial charge on any atom is -0.428 e. The van der Waals surface area contributed by atoms with Gasteiger partial charge in [-0.15, -0.1) is 0 Å². The molecule has 0 aromatic carbocycles. The Kier molecular flexibility index (Phi) is 3.22. The fourth-order valence-electron chi connectivity index (χ4n) is 0.870. The lowest BCUT2D eigenvalue weighted by Crippen LogP contribution is -2.46. The van der Waals surface area contributed by atoms with Crippen LogP contribution in [0.5, 0.6) is 0 Å². The number of carbonyl (C=O) groups excluding carboxylic acids is 1. The number of halogens is 6. The van der Waals surface area contributed by atoms with Gasteiger partial charge in [0.2, 0.25) is 6.29 Å². The van der Waals surface area contributed by atoms with Crippen molar-refractivity contribution in [1.82, 2.24) is 0 Å². The molecule has 1 unspecified atom stereocenters. The van der Waals surface area contributed by atoms with Gasteiger partial charge in [0.05, 0.1) is 0 Å². The molecule has 1 atom stereocenters. The molecule has 1 fully saturated rings. The van der Waals surface area contributed by atoms with Gasteiger partial charge in [0.1, 0.15) is 0 Å². The number of carbonyl (C=O) groups is 1. The predicted octanol–water partition coefficient (Wildman–Crippen LogP) is 1.99. The normalized spacial score (nSPS) is 22.2. The van der Waals surface area contributed by atoms with Crippen LogP contribution in [0.1, 0.15) is 0 Å². The second-order valence-corrected chi connectivity index (χ2v) is 2.71. The Hall–Kier alpha value is -1.19. The Labute approximate surface area is 84.1 Å². The van der Waals surface area contributed by atoms with E-state index in [1.807, 2.05) is 0 Å². The van der Waals surface area contributed by atoms with Crippen molar-refractivity contribution >= 4 is 6.16 Å². The van der Waals surface area contributed by atoms with Gasteiger partial charge in [-0.3, -0.25) is 0 Å². The van der Waals surface area contributed by atoms with Crippen LogP contribution in [-0.4, -0.2) is 37.5 Å². The van der Waals surface area contributed by atoms with Crippen molar-refractivity contribution in [3.05, 3.63) is 0 Å². The van der Waals surface area contributed by atoms with Crippen LogP contribution in [0.15, 0.2) is 0 Å². The summed E-state index contributed by atoms with van der Waals surface area (Å²) in [4.78, 5) is 10.2. The highest BCUT2D eigenvalue weighted by molar-refractivity contribution is 5.61. The Bertz CT molecular complexity index is 257. The molecule has 1 heterocycles. The van der Waals surface area contributed by atoms with Crippen LogP contribution >= 0.6 is 0 Å². The highest BCUT2D eigenvalue weighted by Gasteiger charge is 2.59. The number of rotatable bonds is 2. The Balaban J connectivity index is 2.69. The van der Waals surface area contributed by atoms with Crippen molar-refractivity contribution in [3.63, 3.8) is 0 Å². The quantitative estimate of drug-likeness (QED) is 0.558. The average molecular weight is 254 g/mol. The number of ether oxygens (including phenoxy) is 3. The third kappa shape index (κ3) is 3.15. The van der Waals surface area contributed by atoms with E-state index in [1.165, 1.54) is 0 Å². The summed E-state index contributed by atoms with van der Waals surface area (Å²) >= 11 is 0. The number of cyclic esters (lactones) is 2.